The van der Waals surface area contributed by atoms with Crippen molar-refractivity contribution in [2.24, 2.45) is 0 Å². The fourth-order valence-corrected chi connectivity index (χ4v) is 1.01. The van der Waals surface area contributed by atoms with Crippen LogP contribution in [0.5, 0.6) is 0 Å². The molecular weight excluding hydrogens is 170 g/mol. The van der Waals surface area contributed by atoms with Crippen molar-refractivity contribution in [2.45, 2.75) is 13.5 Å². The van der Waals surface area contributed by atoms with E-state index in [2.05, 4.69) is 15.2 Å². The molecule has 68 valence electrons. The quantitative estimate of drug-likeness (QED) is 0.712. The van der Waals surface area contributed by atoms with Gasteiger partial charge in [0.05, 0.1) is 11.9 Å². The van der Waals surface area contributed by atoms with Crippen LogP contribution < -0.4 is 5.73 Å². The second-order valence-electron chi connectivity index (χ2n) is 2.71. The molecule has 2 N–H and O–H groups in total. The highest BCUT2D eigenvalue weighted by Gasteiger charge is 2.03. The molecule has 0 bridgehead atoms. The van der Waals surface area contributed by atoms with Gasteiger partial charge in [-0.1, -0.05) is 5.16 Å². The molecule has 0 unspecified atom stereocenters. The van der Waals surface area contributed by atoms with Gasteiger partial charge in [-0.05, 0) is 6.92 Å². The first kappa shape index (κ1) is 7.78. The zero-order valence-corrected chi connectivity index (χ0v) is 7.14. The maximum atomic E-state index is 5.49. The summed E-state index contributed by atoms with van der Waals surface area (Å²) in [6, 6.07) is 0. The molecule has 2 rings (SSSR count). The molecular formula is C7H9N5O. The van der Waals surface area contributed by atoms with Crippen molar-refractivity contribution >= 4 is 5.69 Å². The summed E-state index contributed by atoms with van der Waals surface area (Å²) < 4.78 is 6.56. The fourth-order valence-electron chi connectivity index (χ4n) is 1.01. The highest BCUT2D eigenvalue weighted by atomic mass is 16.5. The van der Waals surface area contributed by atoms with Crippen molar-refractivity contribution in [3.05, 3.63) is 24.1 Å². The molecule has 0 amide bonds. The van der Waals surface area contributed by atoms with E-state index < -0.39 is 0 Å². The molecule has 0 radical (unpaired) electrons. The first-order chi connectivity index (χ1) is 6.24. The second kappa shape index (κ2) is 2.89. The summed E-state index contributed by atoms with van der Waals surface area (Å²) in [5.41, 5.74) is 6.11. The third-order valence-electron chi connectivity index (χ3n) is 1.52. The van der Waals surface area contributed by atoms with E-state index in [1.165, 1.54) is 0 Å². The number of rotatable bonds is 2. The van der Waals surface area contributed by atoms with Crippen LogP contribution in [0.1, 0.15) is 11.7 Å². The molecule has 0 fully saturated rings. The maximum Gasteiger partial charge on any atom is 0.248 e. The van der Waals surface area contributed by atoms with E-state index in [1.807, 2.05) is 0 Å². The van der Waals surface area contributed by atoms with E-state index >= 15 is 0 Å². The molecule has 6 heteroatoms. The molecule has 2 aromatic rings. The van der Waals surface area contributed by atoms with E-state index in [1.54, 1.807) is 24.0 Å². The zero-order chi connectivity index (χ0) is 9.26. The average Bonchev–Trinajstić information content (AvgIpc) is 2.62. The van der Waals surface area contributed by atoms with Crippen molar-refractivity contribution in [1.82, 2.24) is 19.9 Å². The Morgan fingerprint density at radius 3 is 3.00 bits per heavy atom. The lowest BCUT2D eigenvalue weighted by molar-refractivity contribution is 0.362. The van der Waals surface area contributed by atoms with Crippen LogP contribution >= 0.6 is 0 Å². The lowest BCUT2D eigenvalue weighted by Gasteiger charge is -1.92. The largest absolute Gasteiger partial charge is 0.396 e. The van der Waals surface area contributed by atoms with Crippen molar-refractivity contribution < 1.29 is 4.52 Å². The molecule has 0 aliphatic heterocycles. The van der Waals surface area contributed by atoms with Crippen LogP contribution in [0.2, 0.25) is 0 Å². The molecule has 0 aromatic carbocycles. The fraction of sp³-hybridized carbons (Fsp3) is 0.286. The third-order valence-corrected chi connectivity index (χ3v) is 1.52. The highest BCUT2D eigenvalue weighted by molar-refractivity contribution is 5.30. The summed E-state index contributed by atoms with van der Waals surface area (Å²) in [5, 5.41) is 7.65. The van der Waals surface area contributed by atoms with Gasteiger partial charge >= 0.3 is 0 Å². The lowest BCUT2D eigenvalue weighted by Crippen LogP contribution is -2.00. The Morgan fingerprint density at radius 2 is 2.46 bits per heavy atom. The number of hydrogen-bond acceptors (Lipinski definition) is 5. The Bertz CT molecular complexity index is 366. The summed E-state index contributed by atoms with van der Waals surface area (Å²) in [6.07, 6.45) is 3.28. The Hall–Kier alpha value is -1.85. The van der Waals surface area contributed by atoms with Gasteiger partial charge in [0, 0.05) is 6.20 Å². The number of aryl methyl sites for hydroxylation is 1. The van der Waals surface area contributed by atoms with E-state index in [-0.39, 0.29) is 0 Å². The van der Waals surface area contributed by atoms with Gasteiger partial charge < -0.3 is 10.3 Å². The molecule has 0 aliphatic carbocycles. The maximum absolute atomic E-state index is 5.49. The Labute approximate surface area is 74.4 Å². The van der Waals surface area contributed by atoms with Crippen LogP contribution in [0.4, 0.5) is 5.69 Å². The Balaban J connectivity index is 2.14. The summed E-state index contributed by atoms with van der Waals surface area (Å²) in [7, 11) is 0. The smallest absolute Gasteiger partial charge is 0.248 e. The summed E-state index contributed by atoms with van der Waals surface area (Å²) >= 11 is 0. The SMILES string of the molecule is Cc1noc(Cn2cc(N)cn2)n1. The summed E-state index contributed by atoms with van der Waals surface area (Å²) in [4.78, 5) is 4.04. The van der Waals surface area contributed by atoms with Gasteiger partial charge in [0.2, 0.25) is 5.89 Å². The molecule has 0 spiro atoms. The molecule has 2 heterocycles. The first-order valence-electron chi connectivity index (χ1n) is 3.81. The number of hydrogen-bond donors (Lipinski definition) is 1. The van der Waals surface area contributed by atoms with Gasteiger partial charge in [-0.2, -0.15) is 10.1 Å². The Morgan fingerprint density at radius 1 is 1.62 bits per heavy atom. The predicted molar refractivity (Wildman–Crippen MR) is 44.8 cm³/mol. The molecule has 0 atom stereocenters. The molecule has 0 aliphatic rings. The van der Waals surface area contributed by atoms with E-state index in [0.29, 0.717) is 23.9 Å². The van der Waals surface area contributed by atoms with E-state index in [4.69, 9.17) is 10.3 Å². The minimum atomic E-state index is 0.456. The molecule has 6 nitrogen and oxygen atoms in total. The number of nitrogens with two attached hydrogens (primary N) is 1. The minimum absolute atomic E-state index is 0.456. The molecule has 0 saturated carbocycles. The molecule has 2 aromatic heterocycles. The van der Waals surface area contributed by atoms with Gasteiger partial charge in [-0.3, -0.25) is 4.68 Å². The Kier molecular flexibility index (Phi) is 1.73. The van der Waals surface area contributed by atoms with Crippen molar-refractivity contribution in [2.75, 3.05) is 5.73 Å². The lowest BCUT2D eigenvalue weighted by atomic mass is 10.6. The topological polar surface area (TPSA) is 82.8 Å². The van der Waals surface area contributed by atoms with Gasteiger partial charge in [-0.25, -0.2) is 0 Å². The normalized spacial score (nSPS) is 10.5. The van der Waals surface area contributed by atoms with Crippen LogP contribution in [-0.4, -0.2) is 19.9 Å². The van der Waals surface area contributed by atoms with Crippen molar-refractivity contribution in [1.29, 1.82) is 0 Å². The van der Waals surface area contributed by atoms with Crippen LogP contribution in [0.3, 0.4) is 0 Å². The molecule has 0 saturated heterocycles. The van der Waals surface area contributed by atoms with Gasteiger partial charge in [0.15, 0.2) is 5.82 Å². The highest BCUT2D eigenvalue weighted by Crippen LogP contribution is 2.02. The second-order valence-corrected chi connectivity index (χ2v) is 2.71. The van der Waals surface area contributed by atoms with Gasteiger partial charge in [0.1, 0.15) is 6.54 Å². The number of aromatic nitrogens is 4. The monoisotopic (exact) mass is 179 g/mol. The van der Waals surface area contributed by atoms with Crippen LogP contribution in [0, 0.1) is 6.92 Å². The van der Waals surface area contributed by atoms with Gasteiger partial charge in [0.25, 0.3) is 0 Å². The number of nitrogens with zero attached hydrogens (tertiary/aromatic N) is 4. The minimum Gasteiger partial charge on any atom is -0.396 e. The van der Waals surface area contributed by atoms with E-state index in [9.17, 15) is 0 Å². The van der Waals surface area contributed by atoms with Crippen LogP contribution in [-0.2, 0) is 6.54 Å². The standard InChI is InChI=1S/C7H9N5O/c1-5-10-7(13-11-5)4-12-3-6(8)2-9-12/h2-3H,4,8H2,1H3. The number of nitrogen functional groups attached to an aromatic ring is 1. The first-order valence-corrected chi connectivity index (χ1v) is 3.81. The number of anilines is 1. The van der Waals surface area contributed by atoms with E-state index in [0.717, 1.165) is 0 Å². The van der Waals surface area contributed by atoms with Crippen molar-refractivity contribution in [3.8, 4) is 0 Å². The zero-order valence-electron chi connectivity index (χ0n) is 7.14. The summed E-state index contributed by atoms with van der Waals surface area (Å²) in [5.74, 6) is 1.15. The summed E-state index contributed by atoms with van der Waals surface area (Å²) in [6.45, 7) is 2.22. The third kappa shape index (κ3) is 1.66. The predicted octanol–water partition coefficient (Wildman–Crippen LogP) is 0.205. The average molecular weight is 179 g/mol. The van der Waals surface area contributed by atoms with Crippen LogP contribution in [0.25, 0.3) is 0 Å². The molecule has 13 heavy (non-hydrogen) atoms. The van der Waals surface area contributed by atoms with Crippen LogP contribution in [0.15, 0.2) is 16.9 Å². The van der Waals surface area contributed by atoms with Crippen molar-refractivity contribution in [3.63, 3.8) is 0 Å². The van der Waals surface area contributed by atoms with Gasteiger partial charge in [-0.15, -0.1) is 0 Å².